The van der Waals surface area contributed by atoms with E-state index in [0.717, 1.165) is 6.07 Å². The van der Waals surface area contributed by atoms with Crippen molar-refractivity contribution in [2.24, 2.45) is 28.5 Å². The van der Waals surface area contributed by atoms with Crippen LogP contribution in [0.2, 0.25) is 0 Å². The van der Waals surface area contributed by atoms with Crippen LogP contribution in [0.1, 0.15) is 78.1 Å². The molecule has 0 aliphatic carbocycles. The predicted molar refractivity (Wildman–Crippen MR) is 164 cm³/mol. The number of guanidine groups is 1. The number of halogens is 4. The molecule has 2 amide bonds. The molecule has 3 aromatic rings. The van der Waals surface area contributed by atoms with Crippen LogP contribution in [-0.2, 0) is 34.3 Å². The van der Waals surface area contributed by atoms with Gasteiger partial charge in [0.15, 0.2) is 11.5 Å². The lowest BCUT2D eigenvalue weighted by atomic mass is 9.72. The fraction of sp³-hybridized carbons (Fsp3) is 0.441. The van der Waals surface area contributed by atoms with Gasteiger partial charge in [0.05, 0.1) is 41.6 Å². The number of rotatable bonds is 8. The molecule has 2 aromatic carbocycles. The topological polar surface area (TPSA) is 114 Å². The fourth-order valence-corrected chi connectivity index (χ4v) is 7.03. The second-order valence-electron chi connectivity index (χ2n) is 12.9. The number of hydrogen-bond donors (Lipinski definition) is 1. The predicted octanol–water partition coefficient (Wildman–Crippen LogP) is 5.60. The van der Waals surface area contributed by atoms with Crippen LogP contribution in [0.3, 0.4) is 0 Å². The SMILES string of the molecule is CC(C)CC(c1ccc(C(F)(F)F)c(C(=O)N2Cc3nccnc3C2)c1)N1C(=O)C(c2ccc(F)cc2)(C(C)[C@@H]2CCOC2)N=C1N. The van der Waals surface area contributed by atoms with Crippen molar-refractivity contribution in [3.63, 3.8) is 0 Å². The number of nitrogens with zero attached hydrogens (tertiary/aromatic N) is 5. The van der Waals surface area contributed by atoms with Crippen LogP contribution in [0.5, 0.6) is 0 Å². The van der Waals surface area contributed by atoms with Crippen molar-refractivity contribution in [1.82, 2.24) is 19.8 Å². The Balaban J connectivity index is 1.43. The third kappa shape index (κ3) is 5.85. The van der Waals surface area contributed by atoms with Gasteiger partial charge in [0, 0.05) is 25.6 Å². The van der Waals surface area contributed by atoms with E-state index in [1.54, 1.807) is 0 Å². The molecular weight excluding hydrogens is 616 g/mol. The van der Waals surface area contributed by atoms with Gasteiger partial charge in [0.2, 0.25) is 0 Å². The van der Waals surface area contributed by atoms with Gasteiger partial charge in [-0.1, -0.05) is 39.0 Å². The zero-order chi connectivity index (χ0) is 33.7. The summed E-state index contributed by atoms with van der Waals surface area (Å²) in [6.45, 7) is 6.72. The van der Waals surface area contributed by atoms with E-state index in [1.165, 1.54) is 58.6 Å². The van der Waals surface area contributed by atoms with E-state index in [2.05, 4.69) is 9.97 Å². The van der Waals surface area contributed by atoms with E-state index in [9.17, 15) is 27.2 Å². The average Bonchev–Trinajstić information content (AvgIpc) is 3.78. The van der Waals surface area contributed by atoms with Gasteiger partial charge in [-0.25, -0.2) is 9.38 Å². The van der Waals surface area contributed by atoms with Gasteiger partial charge >= 0.3 is 6.18 Å². The first-order chi connectivity index (χ1) is 22.3. The van der Waals surface area contributed by atoms with Gasteiger partial charge < -0.3 is 15.4 Å². The van der Waals surface area contributed by atoms with Crippen molar-refractivity contribution >= 4 is 17.8 Å². The number of carbonyl (C=O) groups is 2. The summed E-state index contributed by atoms with van der Waals surface area (Å²) in [6.07, 6.45) is -0.879. The van der Waals surface area contributed by atoms with Gasteiger partial charge in [0.25, 0.3) is 11.8 Å². The third-order valence-corrected chi connectivity index (χ3v) is 9.50. The molecule has 47 heavy (non-hydrogen) atoms. The zero-order valence-electron chi connectivity index (χ0n) is 26.3. The van der Waals surface area contributed by atoms with E-state index >= 15 is 0 Å². The molecule has 9 nitrogen and oxygen atoms in total. The molecule has 3 aliphatic rings. The lowest BCUT2D eigenvalue weighted by Gasteiger charge is -2.37. The van der Waals surface area contributed by atoms with Crippen molar-refractivity contribution in [2.75, 3.05) is 13.2 Å². The molecule has 0 spiro atoms. The Morgan fingerprint density at radius 2 is 1.72 bits per heavy atom. The molecule has 13 heteroatoms. The molecule has 4 heterocycles. The van der Waals surface area contributed by atoms with Crippen molar-refractivity contribution in [3.05, 3.63) is 94.3 Å². The number of aliphatic imine (C=N–C) groups is 1. The molecule has 0 radical (unpaired) electrons. The van der Waals surface area contributed by atoms with Crippen LogP contribution in [0.15, 0.2) is 59.9 Å². The largest absolute Gasteiger partial charge is 0.417 e. The summed E-state index contributed by atoms with van der Waals surface area (Å²) in [5.41, 5.74) is 5.25. The standard InChI is InChI=1S/C34H36F4N6O3/c1-19(2)14-29(21-4-9-26(34(36,37)38)25(15-21)30(45)43-16-27-28(17-43)41-12-11-40-27)44-31(46)33(42-32(44)39,20(3)22-10-13-47-18-22)23-5-7-24(35)8-6-23/h4-9,11-12,15,19-20,22,29H,10,13-14,16-18H2,1-3H3,(H2,39,42)/t20?,22-,29?,33?/m1/s1. The molecule has 1 aromatic heterocycles. The molecule has 3 aliphatic heterocycles. The Morgan fingerprint density at radius 1 is 1.06 bits per heavy atom. The maximum absolute atomic E-state index is 14.8. The summed E-state index contributed by atoms with van der Waals surface area (Å²) in [6, 6.07) is 8.10. The van der Waals surface area contributed by atoms with Crippen LogP contribution in [0.25, 0.3) is 0 Å². The summed E-state index contributed by atoms with van der Waals surface area (Å²) < 4.78 is 62.7. The number of aromatic nitrogens is 2. The summed E-state index contributed by atoms with van der Waals surface area (Å²) in [7, 11) is 0. The summed E-state index contributed by atoms with van der Waals surface area (Å²) >= 11 is 0. The van der Waals surface area contributed by atoms with Crippen molar-refractivity contribution in [2.45, 2.75) is 64.5 Å². The normalized spacial score (nSPS) is 22.5. The zero-order valence-corrected chi connectivity index (χ0v) is 26.3. The van der Waals surface area contributed by atoms with Gasteiger partial charge in [-0.15, -0.1) is 0 Å². The Bertz CT molecular complexity index is 1680. The van der Waals surface area contributed by atoms with Crippen molar-refractivity contribution in [1.29, 1.82) is 0 Å². The first kappa shape index (κ1) is 32.5. The summed E-state index contributed by atoms with van der Waals surface area (Å²) in [4.78, 5) is 44.4. The van der Waals surface area contributed by atoms with Gasteiger partial charge in [-0.3, -0.25) is 24.5 Å². The van der Waals surface area contributed by atoms with Gasteiger partial charge in [-0.05, 0) is 66.0 Å². The number of nitrogens with two attached hydrogens (primary N) is 1. The maximum Gasteiger partial charge on any atom is 0.417 e. The van der Waals surface area contributed by atoms with Gasteiger partial charge in [-0.2, -0.15) is 13.2 Å². The van der Waals surface area contributed by atoms with E-state index in [4.69, 9.17) is 15.5 Å². The number of ether oxygens (including phenoxy) is 1. The number of benzene rings is 2. The van der Waals surface area contributed by atoms with Crippen molar-refractivity contribution < 1.29 is 31.9 Å². The van der Waals surface area contributed by atoms with Crippen LogP contribution >= 0.6 is 0 Å². The maximum atomic E-state index is 14.8. The molecule has 0 saturated carbocycles. The number of amides is 2. The highest BCUT2D eigenvalue weighted by Gasteiger charge is 2.56. The average molecular weight is 653 g/mol. The van der Waals surface area contributed by atoms with E-state index in [-0.39, 0.29) is 30.9 Å². The first-order valence-corrected chi connectivity index (χ1v) is 15.6. The molecule has 2 N–H and O–H groups in total. The highest BCUT2D eigenvalue weighted by atomic mass is 19.4. The van der Waals surface area contributed by atoms with E-state index in [1.807, 2.05) is 20.8 Å². The van der Waals surface area contributed by atoms with Crippen LogP contribution < -0.4 is 5.73 Å². The fourth-order valence-electron chi connectivity index (χ4n) is 7.03. The summed E-state index contributed by atoms with van der Waals surface area (Å²) in [5, 5.41) is 0. The number of hydrogen-bond acceptors (Lipinski definition) is 7. The second-order valence-corrected chi connectivity index (χ2v) is 12.9. The second kappa shape index (κ2) is 12.3. The Kier molecular flexibility index (Phi) is 8.54. The van der Waals surface area contributed by atoms with E-state index in [0.29, 0.717) is 48.6 Å². The number of alkyl halides is 3. The lowest BCUT2D eigenvalue weighted by Crippen LogP contribution is -2.49. The number of fused-ring (bicyclic) bond motifs is 1. The Hall–Kier alpha value is -4.39. The first-order valence-electron chi connectivity index (χ1n) is 15.6. The van der Waals surface area contributed by atoms with Gasteiger partial charge in [0.1, 0.15) is 5.82 Å². The third-order valence-electron chi connectivity index (χ3n) is 9.50. The minimum absolute atomic E-state index is 0.0200. The lowest BCUT2D eigenvalue weighted by molar-refractivity contribution is -0.138. The molecule has 0 bridgehead atoms. The van der Waals surface area contributed by atoms with Crippen LogP contribution in [0.4, 0.5) is 17.6 Å². The molecular formula is C34H36F4N6O3. The Labute approximate surface area is 269 Å². The monoisotopic (exact) mass is 652 g/mol. The van der Waals surface area contributed by atoms with Crippen LogP contribution in [0, 0.1) is 23.6 Å². The summed E-state index contributed by atoms with van der Waals surface area (Å²) in [5.74, 6) is -2.36. The highest BCUT2D eigenvalue weighted by Crippen LogP contribution is 2.48. The molecule has 1 saturated heterocycles. The quantitative estimate of drug-likeness (QED) is 0.317. The smallest absolute Gasteiger partial charge is 0.381 e. The molecule has 3 unspecified atom stereocenters. The Morgan fingerprint density at radius 3 is 2.30 bits per heavy atom. The molecule has 1 fully saturated rings. The van der Waals surface area contributed by atoms with Crippen molar-refractivity contribution in [3.8, 4) is 0 Å². The minimum atomic E-state index is -4.82. The minimum Gasteiger partial charge on any atom is -0.381 e. The molecule has 248 valence electrons. The number of carbonyl (C=O) groups excluding carboxylic acids is 2. The molecule has 6 rings (SSSR count). The highest BCUT2D eigenvalue weighted by molar-refractivity contribution is 6.08. The van der Waals surface area contributed by atoms with Crippen LogP contribution in [-0.4, -0.2) is 50.8 Å². The van der Waals surface area contributed by atoms with E-state index < -0.39 is 52.4 Å². The molecule has 4 atom stereocenters.